The predicted octanol–water partition coefficient (Wildman–Crippen LogP) is 7.21. The third kappa shape index (κ3) is 12.5. The van der Waals surface area contributed by atoms with Crippen molar-refractivity contribution in [3.05, 3.63) is 51.9 Å². The second-order valence-corrected chi connectivity index (χ2v) is 22.2. The molecule has 8 rings (SSSR count). The minimum Gasteiger partial charge on any atom is -0.464 e. The number of nitrogens with one attached hydrogen (secondary N) is 2. The summed E-state index contributed by atoms with van der Waals surface area (Å²) in [5.74, 6) is -0.853. The van der Waals surface area contributed by atoms with Gasteiger partial charge in [0.05, 0.1) is 58.1 Å². The van der Waals surface area contributed by atoms with Crippen molar-refractivity contribution in [1.82, 2.24) is 45.0 Å². The van der Waals surface area contributed by atoms with Crippen LogP contribution in [0.1, 0.15) is 69.8 Å². The van der Waals surface area contributed by atoms with Gasteiger partial charge in [-0.15, -0.1) is 11.3 Å². The van der Waals surface area contributed by atoms with Crippen molar-refractivity contribution in [3.8, 4) is 34.4 Å². The highest BCUT2D eigenvalue weighted by molar-refractivity contribution is 7.10. The van der Waals surface area contributed by atoms with E-state index in [2.05, 4.69) is 26.5 Å². The van der Waals surface area contributed by atoms with E-state index in [0.717, 1.165) is 40.0 Å². The number of pyridine rings is 1. The van der Waals surface area contributed by atoms with E-state index in [-0.39, 0.29) is 78.4 Å². The summed E-state index contributed by atoms with van der Waals surface area (Å²) in [6.07, 6.45) is -8.03. The van der Waals surface area contributed by atoms with E-state index in [0.29, 0.717) is 42.0 Å². The van der Waals surface area contributed by atoms with Gasteiger partial charge in [0.15, 0.2) is 0 Å². The van der Waals surface area contributed by atoms with Gasteiger partial charge in [-0.2, -0.15) is 26.3 Å². The van der Waals surface area contributed by atoms with Gasteiger partial charge in [0.1, 0.15) is 30.5 Å². The fraction of sp³-hybridized carbons (Fsp3) is 0.577. The van der Waals surface area contributed by atoms with E-state index in [1.54, 1.807) is 32.3 Å². The van der Waals surface area contributed by atoms with E-state index in [1.807, 2.05) is 27.0 Å². The molecule has 4 aromatic rings. The fourth-order valence-corrected chi connectivity index (χ4v) is 11.2. The molecule has 24 heteroatoms. The van der Waals surface area contributed by atoms with Gasteiger partial charge >= 0.3 is 24.4 Å². The van der Waals surface area contributed by atoms with Crippen LogP contribution in [0.3, 0.4) is 0 Å². The molecule has 0 radical (unpaired) electrons. The average Bonchev–Trinajstić information content (AvgIpc) is 3.91. The molecule has 3 saturated heterocycles. The second kappa shape index (κ2) is 22.1. The van der Waals surface area contributed by atoms with Gasteiger partial charge in [0.25, 0.3) is 5.91 Å². The van der Waals surface area contributed by atoms with Gasteiger partial charge in [0, 0.05) is 99.6 Å². The summed E-state index contributed by atoms with van der Waals surface area (Å²) < 4.78 is 113. The normalized spacial score (nSPS) is 20.9. The zero-order chi connectivity index (χ0) is 55.2. The lowest BCUT2D eigenvalue weighted by Gasteiger charge is -2.41. The number of likely N-dealkylation sites (N-methyl/N-ethyl adjacent to an activating group) is 2. The Bertz CT molecular complexity index is 2900. The van der Waals surface area contributed by atoms with Crippen LogP contribution < -0.4 is 15.6 Å². The van der Waals surface area contributed by atoms with Gasteiger partial charge in [0.2, 0.25) is 5.91 Å². The summed E-state index contributed by atoms with van der Waals surface area (Å²) in [5, 5.41) is 6.14. The van der Waals surface area contributed by atoms with Gasteiger partial charge in [-0.25, -0.2) is 19.6 Å². The van der Waals surface area contributed by atoms with Crippen molar-refractivity contribution in [2.45, 2.75) is 103 Å². The molecule has 0 saturated carbocycles. The summed E-state index contributed by atoms with van der Waals surface area (Å²) in [4.78, 5) is 73.0. The molecule has 2 N–H and O–H groups in total. The number of amides is 4. The second-order valence-electron chi connectivity index (χ2n) is 21.3. The number of alkyl halides is 6. The lowest BCUT2D eigenvalue weighted by molar-refractivity contribution is -0.155. The summed E-state index contributed by atoms with van der Waals surface area (Å²) >= 11 is 1.06. The molecule has 1 aromatic carbocycles. The molecule has 4 aliphatic heterocycles. The number of carbonyl (C=O) groups excluding carboxylic acids is 4. The number of benzene rings is 1. The van der Waals surface area contributed by atoms with E-state index < -0.39 is 90.0 Å². The standard InChI is InChI=1S/C52H63F7N10O6S/c1-29(2)44(65(7)49(73)67-24-31(25-67)11-12-51(54,55)56)46(70)62-39-21-42-61-40(26-76-42)34-19-33-36(22-50(4,5)28-75-48(72)38-10-9-13-69(63-38)47(39)71)45(68(27-52(57,58)59)41(33)20-37(34)53)35-18-32(23-60-43(35)30(3)74-8)66-16-14-64(6)15-17-66/h18-20,23,26,29-31,38-39,44,63H,9-10,13-17,21-22,24-25,27-28H2,1-8H3,(H,62,70)/t30-,38?,39-,44-/m0/s1. The molecule has 6 bridgehead atoms. The van der Waals surface area contributed by atoms with Crippen molar-refractivity contribution >= 4 is 51.7 Å². The molecule has 412 valence electrons. The number of halogens is 7. The Balaban J connectivity index is 1.22. The van der Waals surface area contributed by atoms with Crippen molar-refractivity contribution in [2.75, 3.05) is 78.5 Å². The smallest absolute Gasteiger partial charge is 0.457 e. The van der Waals surface area contributed by atoms with Gasteiger partial charge in [-0.1, -0.05) is 33.6 Å². The highest BCUT2D eigenvalue weighted by Crippen LogP contribution is 2.45. The SMILES string of the molecule is CO[C@@H](C)c1ncc(N2CCN(C)CC2)cc1-c1c2c3cc(c(F)cc3n1CC(F)(F)F)-c1csc(n1)C[C@H](NC(=O)[C@H](C(C)C)N(C)C(=O)N1CC(C#CC(F)(F)F)C1)C(=O)N1CCCC(N1)C(=O)OCC(C)(C)C2. The van der Waals surface area contributed by atoms with Crippen LogP contribution >= 0.6 is 11.3 Å². The molecule has 16 nitrogen and oxygen atoms in total. The molecular weight excluding hydrogens is 1030 g/mol. The maximum atomic E-state index is 16.9. The largest absolute Gasteiger partial charge is 0.464 e. The molecule has 0 aliphatic carbocycles. The van der Waals surface area contributed by atoms with Gasteiger partial charge in [-0.05, 0) is 62.9 Å². The van der Waals surface area contributed by atoms with Crippen LogP contribution in [0.15, 0.2) is 29.8 Å². The van der Waals surface area contributed by atoms with Crippen LogP contribution in [0.2, 0.25) is 0 Å². The number of nitrogens with zero attached hydrogens (tertiary/aromatic N) is 8. The summed E-state index contributed by atoms with van der Waals surface area (Å²) in [6.45, 7) is 9.77. The minimum atomic E-state index is -4.77. The number of hydrogen-bond donors (Lipinski definition) is 2. The zero-order valence-corrected chi connectivity index (χ0v) is 44.4. The Kier molecular flexibility index (Phi) is 16.4. The number of fused-ring (bicyclic) bond motifs is 6. The lowest BCUT2D eigenvalue weighted by Crippen LogP contribution is -2.63. The van der Waals surface area contributed by atoms with Crippen molar-refractivity contribution in [2.24, 2.45) is 17.3 Å². The maximum absolute atomic E-state index is 16.9. The highest BCUT2D eigenvalue weighted by atomic mass is 32.1. The van der Waals surface area contributed by atoms with Crippen molar-refractivity contribution in [3.63, 3.8) is 0 Å². The Morgan fingerprint density at radius 3 is 2.41 bits per heavy atom. The topological polar surface area (TPSA) is 158 Å². The number of hydrogen-bond acceptors (Lipinski definition) is 12. The van der Waals surface area contributed by atoms with Crippen LogP contribution in [-0.4, -0.2) is 162 Å². The number of cyclic esters (lactones) is 1. The van der Waals surface area contributed by atoms with Crippen LogP contribution in [0.5, 0.6) is 0 Å². The molecule has 7 heterocycles. The van der Waals surface area contributed by atoms with Crippen LogP contribution in [0.25, 0.3) is 33.4 Å². The molecule has 4 aliphatic rings. The lowest BCUT2D eigenvalue weighted by atomic mass is 9.84. The first-order valence-corrected chi connectivity index (χ1v) is 26.1. The van der Waals surface area contributed by atoms with Crippen LogP contribution in [-0.2, 0) is 43.2 Å². The Morgan fingerprint density at radius 2 is 1.75 bits per heavy atom. The predicted molar refractivity (Wildman–Crippen MR) is 270 cm³/mol. The number of likely N-dealkylation sites (tertiary alicyclic amines) is 1. The molecular formula is C52H63F7N10O6S. The zero-order valence-electron chi connectivity index (χ0n) is 43.6. The molecule has 3 aromatic heterocycles. The maximum Gasteiger partial charge on any atom is 0.457 e. The number of hydrazine groups is 1. The number of anilines is 1. The number of ether oxygens (including phenoxy) is 2. The Hall–Kier alpha value is -6.03. The number of urea groups is 1. The van der Waals surface area contributed by atoms with Gasteiger partial charge in [-0.3, -0.25) is 24.4 Å². The third-order valence-electron chi connectivity index (χ3n) is 14.4. The van der Waals surface area contributed by atoms with Crippen LogP contribution in [0, 0.1) is 34.9 Å². The molecule has 4 amide bonds. The van der Waals surface area contributed by atoms with Gasteiger partial charge < -0.3 is 39.0 Å². The highest BCUT2D eigenvalue weighted by Gasteiger charge is 2.42. The quantitative estimate of drug-likeness (QED) is 0.0992. The van der Waals surface area contributed by atoms with E-state index >= 15 is 17.6 Å². The first-order chi connectivity index (χ1) is 35.7. The number of rotatable bonds is 9. The first kappa shape index (κ1) is 56.2. The minimum absolute atomic E-state index is 0.0430. The molecule has 0 spiro atoms. The van der Waals surface area contributed by atoms with Crippen molar-refractivity contribution in [1.29, 1.82) is 0 Å². The monoisotopic (exact) mass is 1090 g/mol. The molecule has 76 heavy (non-hydrogen) atoms. The average molecular weight is 1090 g/mol. The number of carbonyl (C=O) groups is 4. The summed E-state index contributed by atoms with van der Waals surface area (Å²) in [6, 6.07) is 0.166. The van der Waals surface area contributed by atoms with E-state index in [9.17, 15) is 32.3 Å². The number of esters is 1. The van der Waals surface area contributed by atoms with Crippen LogP contribution in [0.4, 0.5) is 41.2 Å². The number of thiazole rings is 1. The first-order valence-electron chi connectivity index (χ1n) is 25.2. The Morgan fingerprint density at radius 1 is 1.04 bits per heavy atom. The van der Waals surface area contributed by atoms with Crippen molar-refractivity contribution < 1.29 is 59.4 Å². The number of piperazine rings is 1. The molecule has 4 atom stereocenters. The fourth-order valence-electron chi connectivity index (χ4n) is 10.3. The molecule has 3 fully saturated rings. The third-order valence-corrected chi connectivity index (χ3v) is 15.2. The number of aromatic nitrogens is 3. The summed E-state index contributed by atoms with van der Waals surface area (Å²) in [7, 11) is 4.86. The Labute approximate surface area is 440 Å². The van der Waals surface area contributed by atoms with E-state index in [1.165, 1.54) is 36.1 Å². The number of methoxy groups -OCH3 is 1. The summed E-state index contributed by atoms with van der Waals surface area (Å²) in [5.41, 5.74) is 4.01. The molecule has 1 unspecified atom stereocenters. The van der Waals surface area contributed by atoms with E-state index in [4.69, 9.17) is 19.4 Å².